The van der Waals surface area contributed by atoms with Gasteiger partial charge in [-0.3, -0.25) is 4.90 Å². The third kappa shape index (κ3) is 4.33. The van der Waals surface area contributed by atoms with Crippen molar-refractivity contribution in [2.24, 2.45) is 10.1 Å². The van der Waals surface area contributed by atoms with Gasteiger partial charge >= 0.3 is 6.09 Å². The number of likely N-dealkylation sites (tertiary alicyclic amines) is 2. The molecular weight excluding hydrogens is 470 g/mol. The van der Waals surface area contributed by atoms with Crippen LogP contribution in [0.1, 0.15) is 38.3 Å². The van der Waals surface area contributed by atoms with Gasteiger partial charge in [-0.05, 0) is 39.3 Å². The number of fused-ring (bicyclic) bond motifs is 4. The zero-order valence-electron chi connectivity index (χ0n) is 21.3. The Morgan fingerprint density at radius 1 is 1.14 bits per heavy atom. The highest BCUT2D eigenvalue weighted by atomic mass is 16.6. The highest BCUT2D eigenvalue weighted by Crippen LogP contribution is 2.36. The molecule has 0 radical (unpaired) electrons. The van der Waals surface area contributed by atoms with Gasteiger partial charge in [-0.25, -0.2) is 9.79 Å². The summed E-state index contributed by atoms with van der Waals surface area (Å²) in [6, 6.07) is 16.0. The van der Waals surface area contributed by atoms with E-state index in [1.165, 1.54) is 0 Å². The smallest absolute Gasteiger partial charge is 0.410 e. The predicted octanol–water partition coefficient (Wildman–Crippen LogP) is 4.42. The molecule has 2 atom stereocenters. The minimum atomic E-state index is -0.490. The van der Waals surface area contributed by atoms with E-state index in [4.69, 9.17) is 14.6 Å². The largest absolute Gasteiger partial charge is 0.494 e. The fourth-order valence-electron chi connectivity index (χ4n) is 5.54. The standard InChI is InChI=1S/C28H31N5O4/c1-28(2,3)37-27(35)33-16-17-14-18(33)15-32(17)12-13-36-31-24-20-9-5-7-11-22(20)29-25(24)23-19-8-4-6-10-21(19)30-26(23)34/h4-11,17-18,30,34H,12-16H2,1-3H3/b31-24+/t17-,18-/m1/s1. The number of amides is 1. The molecule has 3 aliphatic heterocycles. The topological polar surface area (TPSA) is 103 Å². The molecule has 1 aromatic heterocycles. The van der Waals surface area contributed by atoms with Gasteiger partial charge in [0.15, 0.2) is 5.88 Å². The molecule has 0 saturated carbocycles. The maximum atomic E-state index is 12.5. The van der Waals surface area contributed by atoms with Crippen LogP contribution in [0.4, 0.5) is 10.5 Å². The van der Waals surface area contributed by atoms with Crippen LogP contribution in [-0.2, 0) is 9.57 Å². The second kappa shape index (κ2) is 8.92. The maximum Gasteiger partial charge on any atom is 0.410 e. The third-order valence-electron chi connectivity index (χ3n) is 7.15. The van der Waals surface area contributed by atoms with Crippen LogP contribution in [0, 0.1) is 0 Å². The van der Waals surface area contributed by atoms with Gasteiger partial charge in [0, 0.05) is 48.2 Å². The summed E-state index contributed by atoms with van der Waals surface area (Å²) in [5.74, 6) is 0.0584. The summed E-state index contributed by atoms with van der Waals surface area (Å²) in [6.07, 6.45) is 0.729. The Labute approximate surface area is 215 Å². The second-order valence-electron chi connectivity index (χ2n) is 10.8. The molecule has 9 nitrogen and oxygen atoms in total. The minimum absolute atomic E-state index is 0.0584. The molecule has 0 spiro atoms. The van der Waals surface area contributed by atoms with Crippen molar-refractivity contribution in [3.05, 3.63) is 59.7 Å². The molecule has 0 unspecified atom stereocenters. The lowest BCUT2D eigenvalue weighted by atomic mass is 10.0. The number of aliphatic imine (C=N–C) groups is 1. The van der Waals surface area contributed by atoms with Crippen molar-refractivity contribution in [1.82, 2.24) is 14.8 Å². The van der Waals surface area contributed by atoms with Crippen molar-refractivity contribution < 1.29 is 19.5 Å². The lowest BCUT2D eigenvalue weighted by Gasteiger charge is -2.34. The molecule has 2 bridgehead atoms. The Bertz CT molecular complexity index is 1420. The predicted molar refractivity (Wildman–Crippen MR) is 142 cm³/mol. The number of nitrogens with one attached hydrogen (secondary N) is 1. The molecule has 3 aliphatic rings. The van der Waals surface area contributed by atoms with Crippen LogP contribution < -0.4 is 0 Å². The normalized spacial score (nSPS) is 22.1. The van der Waals surface area contributed by atoms with Gasteiger partial charge in [0.1, 0.15) is 23.6 Å². The number of hydrogen-bond donors (Lipinski definition) is 2. The van der Waals surface area contributed by atoms with Gasteiger partial charge in [-0.2, -0.15) is 0 Å². The quantitative estimate of drug-likeness (QED) is 0.398. The Morgan fingerprint density at radius 2 is 1.92 bits per heavy atom. The first-order valence-electron chi connectivity index (χ1n) is 12.7. The number of carbonyl (C=O) groups excluding carboxylic acids is 1. The van der Waals surface area contributed by atoms with Gasteiger partial charge in [-0.1, -0.05) is 41.6 Å². The van der Waals surface area contributed by atoms with Crippen LogP contribution in [-0.4, -0.2) is 81.3 Å². The first-order chi connectivity index (χ1) is 17.8. The lowest BCUT2D eigenvalue weighted by Crippen LogP contribution is -2.50. The van der Waals surface area contributed by atoms with Crippen molar-refractivity contribution in [1.29, 1.82) is 0 Å². The Morgan fingerprint density at radius 3 is 2.70 bits per heavy atom. The zero-order valence-corrected chi connectivity index (χ0v) is 21.3. The van der Waals surface area contributed by atoms with E-state index in [2.05, 4.69) is 15.0 Å². The molecule has 6 rings (SSSR count). The number of hydrogen-bond acceptors (Lipinski definition) is 7. The number of carbonyl (C=O) groups is 1. The number of aromatic hydroxyl groups is 1. The molecule has 2 saturated heterocycles. The average molecular weight is 502 g/mol. The molecule has 1 amide bonds. The molecule has 192 valence electrons. The molecule has 2 aromatic carbocycles. The summed E-state index contributed by atoms with van der Waals surface area (Å²) >= 11 is 0. The number of nitrogens with zero attached hydrogens (tertiary/aromatic N) is 4. The molecule has 37 heavy (non-hydrogen) atoms. The Kier molecular flexibility index (Phi) is 5.67. The second-order valence-corrected chi connectivity index (χ2v) is 10.8. The number of piperazine rings is 1. The summed E-state index contributed by atoms with van der Waals surface area (Å²) in [4.78, 5) is 30.4. The summed E-state index contributed by atoms with van der Waals surface area (Å²) < 4.78 is 5.56. The van der Waals surface area contributed by atoms with E-state index >= 15 is 0 Å². The average Bonchev–Trinajstić information content (AvgIpc) is 3.60. The number of aromatic nitrogens is 1. The van der Waals surface area contributed by atoms with Gasteiger partial charge in [0.2, 0.25) is 0 Å². The van der Waals surface area contributed by atoms with E-state index in [9.17, 15) is 9.90 Å². The number of H-pyrrole nitrogens is 1. The first-order valence-corrected chi connectivity index (χ1v) is 12.7. The van der Waals surface area contributed by atoms with Gasteiger partial charge in [0.25, 0.3) is 0 Å². The molecular formula is C28H31N5O4. The molecule has 2 fully saturated rings. The zero-order chi connectivity index (χ0) is 25.7. The van der Waals surface area contributed by atoms with E-state index in [0.29, 0.717) is 42.7 Å². The van der Waals surface area contributed by atoms with Crippen LogP contribution in [0.25, 0.3) is 10.9 Å². The number of oxime groups is 1. The van der Waals surface area contributed by atoms with Crippen molar-refractivity contribution >= 4 is 34.1 Å². The molecule has 9 heteroatoms. The minimum Gasteiger partial charge on any atom is -0.494 e. The number of ether oxygens (including phenoxy) is 1. The van der Waals surface area contributed by atoms with Crippen molar-refractivity contribution in [3.63, 3.8) is 0 Å². The van der Waals surface area contributed by atoms with E-state index in [-0.39, 0.29) is 18.0 Å². The molecule has 4 heterocycles. The van der Waals surface area contributed by atoms with Gasteiger partial charge in [0.05, 0.1) is 11.3 Å². The Hall–Kier alpha value is -3.85. The monoisotopic (exact) mass is 501 g/mol. The number of aromatic amines is 1. The van der Waals surface area contributed by atoms with Crippen LogP contribution >= 0.6 is 0 Å². The summed E-state index contributed by atoms with van der Waals surface area (Å²) in [6.45, 7) is 8.29. The number of benzene rings is 2. The van der Waals surface area contributed by atoms with E-state index < -0.39 is 5.60 Å². The maximum absolute atomic E-state index is 12.5. The third-order valence-corrected chi connectivity index (χ3v) is 7.15. The van der Waals surface area contributed by atoms with Crippen molar-refractivity contribution in [2.45, 2.75) is 44.9 Å². The summed E-state index contributed by atoms with van der Waals surface area (Å²) in [5, 5.41) is 16.1. The van der Waals surface area contributed by atoms with Crippen LogP contribution in [0.15, 0.2) is 58.7 Å². The van der Waals surface area contributed by atoms with Gasteiger partial charge in [-0.15, -0.1) is 0 Å². The van der Waals surface area contributed by atoms with Crippen molar-refractivity contribution in [3.8, 4) is 5.88 Å². The summed E-state index contributed by atoms with van der Waals surface area (Å²) in [7, 11) is 0. The number of para-hydroxylation sites is 2. The number of rotatable bonds is 5. The van der Waals surface area contributed by atoms with Crippen molar-refractivity contribution in [2.75, 3.05) is 26.2 Å². The van der Waals surface area contributed by atoms with E-state index in [1.54, 1.807) is 0 Å². The van der Waals surface area contributed by atoms with Crippen LogP contribution in [0.2, 0.25) is 0 Å². The van der Waals surface area contributed by atoms with Crippen LogP contribution in [0.5, 0.6) is 5.88 Å². The fourth-order valence-corrected chi connectivity index (χ4v) is 5.54. The molecule has 2 N–H and O–H groups in total. The lowest BCUT2D eigenvalue weighted by molar-refractivity contribution is 0.0104. The fraction of sp³-hybridized carbons (Fsp3) is 0.393. The highest BCUT2D eigenvalue weighted by Gasteiger charge is 2.46. The summed E-state index contributed by atoms with van der Waals surface area (Å²) in [5.41, 5.74) is 3.82. The van der Waals surface area contributed by atoms with Crippen LogP contribution in [0.3, 0.4) is 0 Å². The Balaban J connectivity index is 1.14. The van der Waals surface area contributed by atoms with Gasteiger partial charge < -0.3 is 24.6 Å². The van der Waals surface area contributed by atoms with E-state index in [0.717, 1.165) is 35.1 Å². The van der Waals surface area contributed by atoms with E-state index in [1.807, 2.05) is 74.2 Å². The SMILES string of the molecule is CC(C)(C)OC(=O)N1C[C@H]2C[C@@H]1CN2CCO/N=C1/C(c2c(O)[nH]c3ccccc23)=Nc2ccccc21. The highest BCUT2D eigenvalue weighted by molar-refractivity contribution is 6.58. The first kappa shape index (κ1) is 23.5. The molecule has 3 aromatic rings. The molecule has 0 aliphatic carbocycles.